The van der Waals surface area contributed by atoms with Gasteiger partial charge in [-0.1, -0.05) is 26.7 Å². The van der Waals surface area contributed by atoms with E-state index in [0.29, 0.717) is 18.8 Å². The number of nitrogens with zero attached hydrogens (tertiary/aromatic N) is 1. The van der Waals surface area contributed by atoms with Crippen LogP contribution in [0, 0.1) is 11.8 Å². The zero-order valence-electron chi connectivity index (χ0n) is 15.6. The van der Waals surface area contributed by atoms with Gasteiger partial charge in [0.2, 0.25) is 15.9 Å². The lowest BCUT2D eigenvalue weighted by Crippen LogP contribution is -2.50. The number of hydrogen-bond acceptors (Lipinski definition) is 5. The van der Waals surface area contributed by atoms with E-state index in [1.807, 2.05) is 6.92 Å². The van der Waals surface area contributed by atoms with Crippen molar-refractivity contribution in [3.8, 4) is 0 Å². The molecule has 1 fully saturated rings. The lowest BCUT2D eigenvalue weighted by molar-refractivity contribution is -0.124. The van der Waals surface area contributed by atoms with Gasteiger partial charge in [0, 0.05) is 13.5 Å². The van der Waals surface area contributed by atoms with Crippen molar-refractivity contribution in [1.82, 2.24) is 4.31 Å². The molecule has 1 saturated carbocycles. The lowest BCUT2D eigenvalue weighted by Gasteiger charge is -2.38. The van der Waals surface area contributed by atoms with Gasteiger partial charge in [0.25, 0.3) is 10.1 Å². The number of hydrogen-bond donors (Lipinski definition) is 1. The summed E-state index contributed by atoms with van der Waals surface area (Å²) in [6, 6.07) is 0. The van der Waals surface area contributed by atoms with Crippen molar-refractivity contribution >= 4 is 26.0 Å². The minimum Gasteiger partial charge on any atom is -0.286 e. The van der Waals surface area contributed by atoms with E-state index in [2.05, 4.69) is 6.92 Å². The molecule has 0 aromatic rings. The minimum atomic E-state index is -4.19. The molecule has 1 aliphatic carbocycles. The molecule has 0 radical (unpaired) electrons. The van der Waals surface area contributed by atoms with Gasteiger partial charge in [0.15, 0.2) is 0 Å². The van der Waals surface area contributed by atoms with Crippen LogP contribution in [0.3, 0.4) is 0 Å². The normalized spacial score (nSPS) is 28.8. The van der Waals surface area contributed by atoms with Crippen molar-refractivity contribution < 1.29 is 26.2 Å². The molecule has 0 aromatic heterocycles. The molecule has 25 heavy (non-hydrogen) atoms. The maximum atomic E-state index is 13.2. The van der Waals surface area contributed by atoms with Gasteiger partial charge < -0.3 is 0 Å². The number of sulfonamides is 1. The van der Waals surface area contributed by atoms with Crippen LogP contribution in [0.15, 0.2) is 0 Å². The Balaban J connectivity index is 3.04. The molecular formula is C16H31NO6S2. The zero-order chi connectivity index (χ0) is 19.5. The molecule has 1 amide bonds. The van der Waals surface area contributed by atoms with Crippen molar-refractivity contribution in [2.45, 2.75) is 71.0 Å². The van der Waals surface area contributed by atoms with E-state index >= 15 is 0 Å². The van der Waals surface area contributed by atoms with Crippen LogP contribution in [0.1, 0.15) is 66.2 Å². The van der Waals surface area contributed by atoms with Crippen LogP contribution in [-0.4, -0.2) is 48.6 Å². The van der Waals surface area contributed by atoms with Crippen LogP contribution in [0.25, 0.3) is 0 Å². The van der Waals surface area contributed by atoms with Crippen LogP contribution in [0.4, 0.5) is 0 Å². The molecule has 2 unspecified atom stereocenters. The van der Waals surface area contributed by atoms with Crippen LogP contribution in [-0.2, 0) is 24.9 Å². The molecule has 0 saturated heterocycles. The Labute approximate surface area is 152 Å². The molecule has 3 atom stereocenters. The van der Waals surface area contributed by atoms with Crippen LogP contribution < -0.4 is 0 Å². The first kappa shape index (κ1) is 22.4. The molecule has 1 rings (SSSR count). The van der Waals surface area contributed by atoms with Gasteiger partial charge in [-0.25, -0.2) is 12.7 Å². The summed E-state index contributed by atoms with van der Waals surface area (Å²) in [4.78, 5) is 12.0. The highest BCUT2D eigenvalue weighted by atomic mass is 32.2. The van der Waals surface area contributed by atoms with Crippen molar-refractivity contribution in [3.05, 3.63) is 0 Å². The first-order chi connectivity index (χ1) is 11.3. The molecule has 0 spiro atoms. The van der Waals surface area contributed by atoms with E-state index in [1.165, 1.54) is 6.92 Å². The third kappa shape index (κ3) is 6.21. The highest BCUT2D eigenvalue weighted by molar-refractivity contribution is 7.91. The van der Waals surface area contributed by atoms with E-state index in [9.17, 15) is 21.6 Å². The van der Waals surface area contributed by atoms with Gasteiger partial charge in [0.1, 0.15) is 0 Å². The first-order valence-corrected chi connectivity index (χ1v) is 11.8. The SMILES string of the molecule is CC(=O)N(CCCS(=O)(=O)O)S(=O)(=O)C1(C)CCCC(C)C[C@H](C)C1. The predicted octanol–water partition coefficient (Wildman–Crippen LogP) is 2.44. The van der Waals surface area contributed by atoms with Gasteiger partial charge >= 0.3 is 0 Å². The Bertz CT molecular complexity index is 673. The third-order valence-corrected chi connectivity index (χ3v) is 8.46. The van der Waals surface area contributed by atoms with Gasteiger partial charge in [-0.2, -0.15) is 8.42 Å². The summed E-state index contributed by atoms with van der Waals surface area (Å²) in [6.07, 6.45) is 3.51. The Hall–Kier alpha value is -0.670. The average Bonchev–Trinajstić information content (AvgIpc) is 2.39. The van der Waals surface area contributed by atoms with E-state index in [0.717, 1.165) is 23.6 Å². The molecule has 9 heteroatoms. The van der Waals surface area contributed by atoms with E-state index in [4.69, 9.17) is 4.55 Å². The molecule has 0 aliphatic heterocycles. The second-order valence-electron chi connectivity index (χ2n) is 7.73. The molecule has 1 aliphatic rings. The molecular weight excluding hydrogens is 366 g/mol. The summed E-state index contributed by atoms with van der Waals surface area (Å²) in [5, 5.41) is 0. The smallest absolute Gasteiger partial charge is 0.264 e. The summed E-state index contributed by atoms with van der Waals surface area (Å²) in [5.41, 5.74) is 0. The fourth-order valence-electron chi connectivity index (χ4n) is 3.89. The Morgan fingerprint density at radius 3 is 2.32 bits per heavy atom. The average molecular weight is 398 g/mol. The highest BCUT2D eigenvalue weighted by Gasteiger charge is 2.45. The number of carbonyl (C=O) groups is 1. The summed E-state index contributed by atoms with van der Waals surface area (Å²) in [7, 11) is -8.11. The quantitative estimate of drug-likeness (QED) is 0.690. The number of carbonyl (C=O) groups excluding carboxylic acids is 1. The van der Waals surface area contributed by atoms with Crippen LogP contribution in [0.2, 0.25) is 0 Å². The molecule has 7 nitrogen and oxygen atoms in total. The second-order valence-corrected chi connectivity index (χ2v) is 11.7. The summed E-state index contributed by atoms with van der Waals surface area (Å²) >= 11 is 0. The Morgan fingerprint density at radius 2 is 1.80 bits per heavy atom. The molecule has 0 bridgehead atoms. The number of amides is 1. The van der Waals surface area contributed by atoms with Crippen molar-refractivity contribution in [1.29, 1.82) is 0 Å². The van der Waals surface area contributed by atoms with Crippen LogP contribution >= 0.6 is 0 Å². The van der Waals surface area contributed by atoms with E-state index in [1.54, 1.807) is 6.92 Å². The predicted molar refractivity (Wildman–Crippen MR) is 97.2 cm³/mol. The summed E-state index contributed by atoms with van der Waals surface area (Å²) in [5.74, 6) is -0.418. The highest BCUT2D eigenvalue weighted by Crippen LogP contribution is 2.38. The topological polar surface area (TPSA) is 109 Å². The largest absolute Gasteiger partial charge is 0.286 e. The zero-order valence-corrected chi connectivity index (χ0v) is 17.2. The Morgan fingerprint density at radius 1 is 1.20 bits per heavy atom. The van der Waals surface area contributed by atoms with Gasteiger partial charge in [0.05, 0.1) is 10.5 Å². The standard InChI is InChI=1S/C16H31NO6S2/c1-13-7-5-8-16(4,12-14(2)11-13)25(22,23)17(15(3)18)9-6-10-24(19,20)21/h13-14H,5-12H2,1-4H3,(H,19,20,21)/t13?,14-,16?/m0/s1. The molecule has 1 N–H and O–H groups in total. The minimum absolute atomic E-state index is 0.125. The monoisotopic (exact) mass is 397 g/mol. The van der Waals surface area contributed by atoms with Gasteiger partial charge in [-0.05, 0) is 44.4 Å². The van der Waals surface area contributed by atoms with Crippen LogP contribution in [0.5, 0.6) is 0 Å². The lowest BCUT2D eigenvalue weighted by atomic mass is 9.81. The first-order valence-electron chi connectivity index (χ1n) is 8.76. The fraction of sp³-hybridized carbons (Fsp3) is 0.938. The van der Waals surface area contributed by atoms with Gasteiger partial charge in [-0.15, -0.1) is 0 Å². The van der Waals surface area contributed by atoms with E-state index in [-0.39, 0.29) is 18.9 Å². The Kier molecular flexibility index (Phi) is 7.47. The second kappa shape index (κ2) is 8.35. The third-order valence-electron chi connectivity index (χ3n) is 5.02. The molecule has 0 aromatic carbocycles. The molecule has 148 valence electrons. The van der Waals surface area contributed by atoms with E-state index < -0.39 is 36.5 Å². The number of rotatable bonds is 6. The summed E-state index contributed by atoms with van der Waals surface area (Å²) < 4.78 is 56.7. The van der Waals surface area contributed by atoms with Crippen molar-refractivity contribution in [3.63, 3.8) is 0 Å². The molecule has 0 heterocycles. The van der Waals surface area contributed by atoms with Crippen molar-refractivity contribution in [2.75, 3.05) is 12.3 Å². The maximum Gasteiger partial charge on any atom is 0.264 e. The fourth-order valence-corrected chi connectivity index (χ4v) is 6.52. The van der Waals surface area contributed by atoms with Crippen molar-refractivity contribution in [2.24, 2.45) is 11.8 Å². The maximum absolute atomic E-state index is 13.2. The summed E-state index contributed by atoms with van der Waals surface area (Å²) in [6.45, 7) is 6.82. The van der Waals surface area contributed by atoms with Gasteiger partial charge in [-0.3, -0.25) is 9.35 Å².